The Morgan fingerprint density at radius 1 is 1.38 bits per heavy atom. The molecule has 0 atom stereocenters. The molecule has 0 bridgehead atoms. The fourth-order valence-corrected chi connectivity index (χ4v) is 3.59. The van der Waals surface area contributed by atoms with E-state index in [1.165, 1.54) is 35.4 Å². The summed E-state index contributed by atoms with van der Waals surface area (Å²) in [7, 11) is 0. The number of nitrogens with two attached hydrogens (primary N) is 1. The van der Waals surface area contributed by atoms with Gasteiger partial charge in [-0.05, 0) is 43.7 Å². The van der Waals surface area contributed by atoms with Crippen LogP contribution in [0, 0.1) is 0 Å². The van der Waals surface area contributed by atoms with Crippen LogP contribution in [-0.2, 0) is 19.4 Å². The van der Waals surface area contributed by atoms with Crippen molar-refractivity contribution in [2.45, 2.75) is 52.0 Å². The van der Waals surface area contributed by atoms with Crippen LogP contribution >= 0.6 is 11.3 Å². The lowest BCUT2D eigenvalue weighted by Crippen LogP contribution is -2.28. The first kappa shape index (κ1) is 14.3. The third-order valence-electron chi connectivity index (χ3n) is 4.13. The van der Waals surface area contributed by atoms with E-state index in [-0.39, 0.29) is 5.56 Å². The fraction of sp³-hybridized carbons (Fsp3) is 0.500. The molecule has 0 amide bonds. The summed E-state index contributed by atoms with van der Waals surface area (Å²) >= 11 is 1.39. The SMILES string of the molecule is CCCCn1c2c(cc(-c3csc(N)n3)c1=O)CCCC2. The van der Waals surface area contributed by atoms with Gasteiger partial charge in [0.25, 0.3) is 5.56 Å². The maximum atomic E-state index is 12.8. The van der Waals surface area contributed by atoms with Crippen molar-refractivity contribution in [1.29, 1.82) is 0 Å². The number of pyridine rings is 1. The van der Waals surface area contributed by atoms with Crippen LogP contribution in [0.5, 0.6) is 0 Å². The number of aromatic nitrogens is 2. The van der Waals surface area contributed by atoms with Crippen molar-refractivity contribution in [3.05, 3.63) is 33.1 Å². The Morgan fingerprint density at radius 3 is 2.90 bits per heavy atom. The third kappa shape index (κ3) is 2.75. The summed E-state index contributed by atoms with van der Waals surface area (Å²) in [6.45, 7) is 2.97. The number of thiazole rings is 1. The molecular weight excluding hydrogens is 282 g/mol. The number of fused-ring (bicyclic) bond motifs is 1. The van der Waals surface area contributed by atoms with Gasteiger partial charge in [0.1, 0.15) is 0 Å². The van der Waals surface area contributed by atoms with Gasteiger partial charge in [-0.15, -0.1) is 11.3 Å². The predicted octanol–water partition coefficient (Wildman–Crippen LogP) is 3.23. The van der Waals surface area contributed by atoms with Crippen LogP contribution in [-0.4, -0.2) is 9.55 Å². The Bertz CT molecular complexity index is 702. The number of unbranched alkanes of at least 4 members (excludes halogenated alkanes) is 1. The second-order valence-corrected chi connectivity index (χ2v) is 6.51. The second-order valence-electron chi connectivity index (χ2n) is 5.62. The molecule has 112 valence electrons. The molecule has 0 radical (unpaired) electrons. The van der Waals surface area contributed by atoms with Gasteiger partial charge in [-0.2, -0.15) is 0 Å². The Hall–Kier alpha value is -1.62. The molecule has 21 heavy (non-hydrogen) atoms. The Labute approximate surface area is 128 Å². The molecule has 2 aromatic heterocycles. The quantitative estimate of drug-likeness (QED) is 0.943. The van der Waals surface area contributed by atoms with Gasteiger partial charge in [-0.25, -0.2) is 4.98 Å². The van der Waals surface area contributed by atoms with E-state index in [2.05, 4.69) is 11.9 Å². The largest absolute Gasteiger partial charge is 0.375 e. The van der Waals surface area contributed by atoms with E-state index in [0.29, 0.717) is 10.7 Å². The first-order chi connectivity index (χ1) is 10.2. The minimum absolute atomic E-state index is 0.0920. The highest BCUT2D eigenvalue weighted by atomic mass is 32.1. The van der Waals surface area contributed by atoms with Gasteiger partial charge in [0.05, 0.1) is 11.3 Å². The van der Waals surface area contributed by atoms with Gasteiger partial charge in [0.15, 0.2) is 5.13 Å². The van der Waals surface area contributed by atoms with Crippen molar-refractivity contribution in [3.63, 3.8) is 0 Å². The zero-order chi connectivity index (χ0) is 14.8. The molecule has 2 heterocycles. The Morgan fingerprint density at radius 2 is 2.19 bits per heavy atom. The highest BCUT2D eigenvalue weighted by Crippen LogP contribution is 2.26. The fourth-order valence-electron chi connectivity index (χ4n) is 3.03. The van der Waals surface area contributed by atoms with Crippen LogP contribution in [0.15, 0.2) is 16.2 Å². The van der Waals surface area contributed by atoms with E-state index in [1.54, 1.807) is 0 Å². The van der Waals surface area contributed by atoms with Crippen molar-refractivity contribution >= 4 is 16.5 Å². The number of hydrogen-bond acceptors (Lipinski definition) is 4. The maximum absolute atomic E-state index is 12.8. The maximum Gasteiger partial charge on any atom is 0.260 e. The van der Waals surface area contributed by atoms with Crippen molar-refractivity contribution in [2.75, 3.05) is 5.73 Å². The van der Waals surface area contributed by atoms with Crippen LogP contribution < -0.4 is 11.3 Å². The molecule has 0 aliphatic heterocycles. The Balaban J connectivity index is 2.15. The van der Waals surface area contributed by atoms with Gasteiger partial charge in [0.2, 0.25) is 0 Å². The molecule has 1 aliphatic rings. The van der Waals surface area contributed by atoms with Crippen LogP contribution in [0.2, 0.25) is 0 Å². The molecule has 0 aromatic carbocycles. The second kappa shape index (κ2) is 6.02. The summed E-state index contributed by atoms with van der Waals surface area (Å²) < 4.78 is 1.99. The molecule has 2 aromatic rings. The van der Waals surface area contributed by atoms with E-state index in [1.807, 2.05) is 16.0 Å². The van der Waals surface area contributed by atoms with E-state index in [4.69, 9.17) is 5.73 Å². The summed E-state index contributed by atoms with van der Waals surface area (Å²) in [4.78, 5) is 17.1. The van der Waals surface area contributed by atoms with Crippen LogP contribution in [0.1, 0.15) is 43.9 Å². The van der Waals surface area contributed by atoms with Gasteiger partial charge in [-0.3, -0.25) is 4.79 Å². The number of nitrogen functional groups attached to an aromatic ring is 1. The first-order valence-corrected chi connectivity index (χ1v) is 8.55. The lowest BCUT2D eigenvalue weighted by molar-refractivity contribution is 0.549. The minimum atomic E-state index is 0.0920. The van der Waals surface area contributed by atoms with Crippen molar-refractivity contribution in [2.24, 2.45) is 0 Å². The molecular formula is C16H21N3OS. The van der Waals surface area contributed by atoms with Crippen LogP contribution in [0.25, 0.3) is 11.3 Å². The standard InChI is InChI=1S/C16H21N3OS/c1-2-3-8-19-14-7-5-4-6-11(14)9-12(15(19)20)13-10-21-16(17)18-13/h9-10H,2-8H2,1H3,(H2,17,18). The number of rotatable bonds is 4. The third-order valence-corrected chi connectivity index (χ3v) is 4.81. The van der Waals surface area contributed by atoms with Gasteiger partial charge in [-0.1, -0.05) is 13.3 Å². The summed E-state index contributed by atoms with van der Waals surface area (Å²) in [6, 6.07) is 2.05. The smallest absolute Gasteiger partial charge is 0.260 e. The van der Waals surface area contributed by atoms with Crippen LogP contribution in [0.4, 0.5) is 5.13 Å². The van der Waals surface area contributed by atoms with Crippen LogP contribution in [0.3, 0.4) is 0 Å². The summed E-state index contributed by atoms with van der Waals surface area (Å²) in [5.41, 5.74) is 9.80. The zero-order valence-electron chi connectivity index (χ0n) is 12.4. The minimum Gasteiger partial charge on any atom is -0.375 e. The van der Waals surface area contributed by atoms with Gasteiger partial charge >= 0.3 is 0 Å². The van der Waals surface area contributed by atoms with E-state index in [9.17, 15) is 4.79 Å². The molecule has 4 nitrogen and oxygen atoms in total. The van der Waals surface area contributed by atoms with Crippen molar-refractivity contribution in [1.82, 2.24) is 9.55 Å². The molecule has 1 aliphatic carbocycles. The lowest BCUT2D eigenvalue weighted by Gasteiger charge is -2.22. The molecule has 0 spiro atoms. The topological polar surface area (TPSA) is 60.9 Å². The average Bonchev–Trinajstić information content (AvgIpc) is 2.92. The molecule has 0 saturated carbocycles. The van der Waals surface area contributed by atoms with Crippen molar-refractivity contribution in [3.8, 4) is 11.3 Å². The zero-order valence-corrected chi connectivity index (χ0v) is 13.2. The normalized spacial score (nSPS) is 14.1. The van der Waals surface area contributed by atoms with Gasteiger partial charge in [0, 0.05) is 17.6 Å². The molecule has 5 heteroatoms. The summed E-state index contributed by atoms with van der Waals surface area (Å²) in [5.74, 6) is 0. The average molecular weight is 303 g/mol. The van der Waals surface area contributed by atoms with Crippen molar-refractivity contribution < 1.29 is 0 Å². The molecule has 0 unspecified atom stereocenters. The van der Waals surface area contributed by atoms with E-state index < -0.39 is 0 Å². The summed E-state index contributed by atoms with van der Waals surface area (Å²) in [6.07, 6.45) is 6.60. The predicted molar refractivity (Wildman–Crippen MR) is 87.8 cm³/mol. The number of aryl methyl sites for hydroxylation is 1. The Kier molecular flexibility index (Phi) is 4.10. The highest BCUT2D eigenvalue weighted by molar-refractivity contribution is 7.13. The van der Waals surface area contributed by atoms with E-state index in [0.717, 1.165) is 37.9 Å². The monoisotopic (exact) mass is 303 g/mol. The number of nitrogens with zero attached hydrogens (tertiary/aromatic N) is 2. The first-order valence-electron chi connectivity index (χ1n) is 7.67. The molecule has 2 N–H and O–H groups in total. The summed E-state index contributed by atoms with van der Waals surface area (Å²) in [5, 5.41) is 2.40. The molecule has 0 fully saturated rings. The lowest BCUT2D eigenvalue weighted by atomic mass is 9.94. The number of hydrogen-bond donors (Lipinski definition) is 1. The molecule has 3 rings (SSSR count). The molecule has 0 saturated heterocycles. The van der Waals surface area contributed by atoms with Gasteiger partial charge < -0.3 is 10.3 Å². The number of anilines is 1. The van der Waals surface area contributed by atoms with E-state index >= 15 is 0 Å². The highest BCUT2D eigenvalue weighted by Gasteiger charge is 2.19.